The highest BCUT2D eigenvalue weighted by Gasteiger charge is 2.26. The molecule has 1 aliphatic heterocycles. The van der Waals surface area contributed by atoms with E-state index in [2.05, 4.69) is 22.5 Å². The molecule has 3 amide bonds. The maximum atomic E-state index is 12.4. The number of urea groups is 1. The minimum absolute atomic E-state index is 0.0574. The van der Waals surface area contributed by atoms with Gasteiger partial charge in [-0.3, -0.25) is 9.69 Å². The quantitative estimate of drug-likeness (QED) is 0.863. The second-order valence-electron chi connectivity index (χ2n) is 6.55. The van der Waals surface area contributed by atoms with E-state index in [0.29, 0.717) is 25.7 Å². The van der Waals surface area contributed by atoms with Gasteiger partial charge in [-0.25, -0.2) is 4.79 Å². The van der Waals surface area contributed by atoms with Crippen molar-refractivity contribution in [2.75, 3.05) is 38.0 Å². The first-order chi connectivity index (χ1) is 11.7. The third-order valence-electron chi connectivity index (χ3n) is 4.61. The topological polar surface area (TPSA) is 64.7 Å². The summed E-state index contributed by atoms with van der Waals surface area (Å²) in [5.74, 6) is 0.104. The van der Waals surface area contributed by atoms with E-state index >= 15 is 0 Å². The number of anilines is 1. The molecule has 24 heavy (non-hydrogen) atoms. The second-order valence-corrected chi connectivity index (χ2v) is 6.55. The van der Waals surface area contributed by atoms with Gasteiger partial charge in [-0.2, -0.15) is 0 Å². The first-order valence-corrected chi connectivity index (χ1v) is 8.81. The molecule has 2 N–H and O–H groups in total. The number of para-hydroxylation sites is 1. The molecule has 0 aromatic heterocycles. The Balaban J connectivity index is 1.45. The summed E-state index contributed by atoms with van der Waals surface area (Å²) in [4.78, 5) is 28.2. The van der Waals surface area contributed by atoms with E-state index in [1.807, 2.05) is 29.2 Å². The van der Waals surface area contributed by atoms with Crippen molar-refractivity contribution in [2.24, 2.45) is 0 Å². The Kier molecular flexibility index (Phi) is 5.35. The van der Waals surface area contributed by atoms with Gasteiger partial charge >= 0.3 is 6.03 Å². The fraction of sp³-hybridized carbons (Fsp3) is 0.556. The molecule has 0 atom stereocenters. The summed E-state index contributed by atoms with van der Waals surface area (Å²) in [5.41, 5.74) is 2.03. The summed E-state index contributed by atoms with van der Waals surface area (Å²) < 4.78 is 0. The van der Waals surface area contributed by atoms with Gasteiger partial charge in [0.2, 0.25) is 5.91 Å². The van der Waals surface area contributed by atoms with Crippen LogP contribution in [-0.2, 0) is 11.2 Å². The number of benzene rings is 1. The molecule has 0 unspecified atom stereocenters. The Hall–Kier alpha value is -2.08. The minimum atomic E-state index is -0.0574. The second kappa shape index (κ2) is 7.66. The van der Waals surface area contributed by atoms with Gasteiger partial charge < -0.3 is 15.5 Å². The van der Waals surface area contributed by atoms with Gasteiger partial charge in [-0.15, -0.1) is 0 Å². The van der Waals surface area contributed by atoms with Gasteiger partial charge in [0, 0.05) is 37.9 Å². The standard InChI is InChI=1S/C18H26N4O2/c1-2-14-5-3-4-6-16(14)20-18(24)22-11-9-21(10-12-22)13-17(23)19-15-7-8-15/h3-6,15H,2,7-13H2,1H3,(H,19,23)(H,20,24). The van der Waals surface area contributed by atoms with Crippen LogP contribution in [0.4, 0.5) is 10.5 Å². The number of nitrogens with zero attached hydrogens (tertiary/aromatic N) is 2. The van der Waals surface area contributed by atoms with Gasteiger partial charge in [0.05, 0.1) is 6.54 Å². The van der Waals surface area contributed by atoms with Crippen LogP contribution in [0.15, 0.2) is 24.3 Å². The van der Waals surface area contributed by atoms with Gasteiger partial charge in [0.25, 0.3) is 0 Å². The molecule has 1 aromatic rings. The zero-order valence-corrected chi connectivity index (χ0v) is 14.3. The largest absolute Gasteiger partial charge is 0.352 e. The third kappa shape index (κ3) is 4.47. The lowest BCUT2D eigenvalue weighted by atomic mass is 10.1. The van der Waals surface area contributed by atoms with Gasteiger partial charge in [0.15, 0.2) is 0 Å². The Morgan fingerprint density at radius 2 is 1.83 bits per heavy atom. The van der Waals surface area contributed by atoms with Crippen molar-refractivity contribution in [1.82, 2.24) is 15.1 Å². The summed E-state index contributed by atoms with van der Waals surface area (Å²) in [6.45, 7) is 5.29. The first kappa shape index (κ1) is 16.8. The van der Waals surface area contributed by atoms with Crippen LogP contribution in [0.2, 0.25) is 0 Å². The zero-order chi connectivity index (χ0) is 16.9. The molecule has 1 aliphatic carbocycles. The zero-order valence-electron chi connectivity index (χ0n) is 14.3. The Morgan fingerprint density at radius 1 is 1.12 bits per heavy atom. The molecule has 6 heteroatoms. The van der Waals surface area contributed by atoms with Crippen LogP contribution >= 0.6 is 0 Å². The van der Waals surface area contributed by atoms with Crippen LogP contribution < -0.4 is 10.6 Å². The van der Waals surface area contributed by atoms with Crippen molar-refractivity contribution in [1.29, 1.82) is 0 Å². The van der Waals surface area contributed by atoms with Crippen LogP contribution in [0.1, 0.15) is 25.3 Å². The van der Waals surface area contributed by atoms with E-state index in [1.165, 1.54) is 0 Å². The highest BCUT2D eigenvalue weighted by atomic mass is 16.2. The van der Waals surface area contributed by atoms with E-state index < -0.39 is 0 Å². The molecular formula is C18H26N4O2. The fourth-order valence-electron chi connectivity index (χ4n) is 2.96. The van der Waals surface area contributed by atoms with E-state index in [1.54, 1.807) is 0 Å². The van der Waals surface area contributed by atoms with Crippen molar-refractivity contribution in [3.05, 3.63) is 29.8 Å². The van der Waals surface area contributed by atoms with Crippen molar-refractivity contribution >= 4 is 17.6 Å². The first-order valence-electron chi connectivity index (χ1n) is 8.81. The molecule has 2 fully saturated rings. The lowest BCUT2D eigenvalue weighted by Gasteiger charge is -2.34. The molecule has 0 radical (unpaired) electrons. The number of carbonyl (C=O) groups is 2. The van der Waals surface area contributed by atoms with Gasteiger partial charge in [-0.1, -0.05) is 25.1 Å². The van der Waals surface area contributed by atoms with Crippen LogP contribution in [0.3, 0.4) is 0 Å². The number of hydrogen-bond donors (Lipinski definition) is 2. The summed E-state index contributed by atoms with van der Waals surface area (Å²) >= 11 is 0. The van der Waals surface area contributed by atoms with Crippen molar-refractivity contribution < 1.29 is 9.59 Å². The van der Waals surface area contributed by atoms with E-state index in [4.69, 9.17) is 0 Å². The Morgan fingerprint density at radius 3 is 2.50 bits per heavy atom. The molecule has 1 aromatic carbocycles. The maximum Gasteiger partial charge on any atom is 0.321 e. The lowest BCUT2D eigenvalue weighted by molar-refractivity contribution is -0.122. The molecule has 3 rings (SSSR count). The molecule has 6 nitrogen and oxygen atoms in total. The maximum absolute atomic E-state index is 12.4. The summed E-state index contributed by atoms with van der Waals surface area (Å²) in [5, 5.41) is 6.02. The monoisotopic (exact) mass is 330 g/mol. The molecular weight excluding hydrogens is 304 g/mol. The number of carbonyl (C=O) groups excluding carboxylic acids is 2. The molecule has 2 aliphatic rings. The van der Waals surface area contributed by atoms with Crippen molar-refractivity contribution in [3.63, 3.8) is 0 Å². The van der Waals surface area contributed by atoms with Crippen molar-refractivity contribution in [2.45, 2.75) is 32.2 Å². The number of rotatable bonds is 5. The van der Waals surface area contributed by atoms with E-state index in [0.717, 1.165) is 43.6 Å². The predicted octanol–water partition coefficient (Wildman–Crippen LogP) is 1.68. The summed E-state index contributed by atoms with van der Waals surface area (Å²) in [7, 11) is 0. The summed E-state index contributed by atoms with van der Waals surface area (Å²) in [6, 6.07) is 8.24. The minimum Gasteiger partial charge on any atom is -0.352 e. The Labute approximate surface area is 143 Å². The van der Waals surface area contributed by atoms with Crippen LogP contribution in [0.25, 0.3) is 0 Å². The lowest BCUT2D eigenvalue weighted by Crippen LogP contribution is -2.52. The highest BCUT2D eigenvalue weighted by Crippen LogP contribution is 2.18. The van der Waals surface area contributed by atoms with Crippen LogP contribution in [0, 0.1) is 0 Å². The number of nitrogens with one attached hydrogen (secondary N) is 2. The normalized spacial score (nSPS) is 18.3. The summed E-state index contributed by atoms with van der Waals surface area (Å²) in [6.07, 6.45) is 3.11. The smallest absolute Gasteiger partial charge is 0.321 e. The van der Waals surface area contributed by atoms with E-state index in [-0.39, 0.29) is 11.9 Å². The van der Waals surface area contributed by atoms with Crippen LogP contribution in [-0.4, -0.2) is 60.5 Å². The Bertz CT molecular complexity index is 592. The number of amides is 3. The molecule has 1 heterocycles. The predicted molar refractivity (Wildman–Crippen MR) is 94.0 cm³/mol. The molecule has 1 saturated carbocycles. The number of piperazine rings is 1. The molecule has 0 bridgehead atoms. The highest BCUT2D eigenvalue weighted by molar-refractivity contribution is 5.90. The van der Waals surface area contributed by atoms with Gasteiger partial charge in [0.1, 0.15) is 0 Å². The van der Waals surface area contributed by atoms with Crippen LogP contribution in [0.5, 0.6) is 0 Å². The fourth-order valence-corrected chi connectivity index (χ4v) is 2.96. The number of hydrogen-bond acceptors (Lipinski definition) is 3. The average Bonchev–Trinajstić information content (AvgIpc) is 3.39. The number of aryl methyl sites for hydroxylation is 1. The molecule has 1 saturated heterocycles. The molecule has 130 valence electrons. The van der Waals surface area contributed by atoms with E-state index in [9.17, 15) is 9.59 Å². The third-order valence-corrected chi connectivity index (χ3v) is 4.61. The van der Waals surface area contributed by atoms with Crippen molar-refractivity contribution in [3.8, 4) is 0 Å². The SMILES string of the molecule is CCc1ccccc1NC(=O)N1CCN(CC(=O)NC2CC2)CC1. The van der Waals surface area contributed by atoms with Gasteiger partial charge in [-0.05, 0) is 30.9 Å². The average molecular weight is 330 g/mol. The molecule has 0 spiro atoms.